The Balaban J connectivity index is 2.55. The van der Waals surface area contributed by atoms with E-state index < -0.39 is 0 Å². The van der Waals surface area contributed by atoms with Crippen LogP contribution in [0.15, 0.2) is 12.3 Å². The van der Waals surface area contributed by atoms with Crippen LogP contribution in [-0.2, 0) is 0 Å². The van der Waals surface area contributed by atoms with Crippen molar-refractivity contribution >= 4 is 16.9 Å². The number of likely N-dealkylation sites (N-methyl/N-ethyl adjacent to an activating group) is 2. The molecular formula is C17H27N5O. The number of nitrogens with zero attached hydrogens (tertiary/aromatic N) is 4. The molecule has 2 aromatic heterocycles. The molecule has 1 amide bonds. The van der Waals surface area contributed by atoms with Crippen molar-refractivity contribution in [3.8, 4) is 0 Å². The summed E-state index contributed by atoms with van der Waals surface area (Å²) in [6, 6.07) is 2.12. The zero-order valence-electron chi connectivity index (χ0n) is 14.9. The van der Waals surface area contributed by atoms with Crippen LogP contribution >= 0.6 is 0 Å². The highest BCUT2D eigenvalue weighted by Crippen LogP contribution is 2.25. The lowest BCUT2D eigenvalue weighted by Gasteiger charge is -2.18. The summed E-state index contributed by atoms with van der Waals surface area (Å²) >= 11 is 0. The molecule has 23 heavy (non-hydrogen) atoms. The molecule has 0 fully saturated rings. The predicted molar refractivity (Wildman–Crippen MR) is 92.9 cm³/mol. The Labute approximate surface area is 137 Å². The van der Waals surface area contributed by atoms with Crippen molar-refractivity contribution in [3.63, 3.8) is 0 Å². The molecule has 0 atom stereocenters. The average Bonchev–Trinajstić information content (AvgIpc) is 2.94. The molecule has 0 aliphatic carbocycles. The number of pyridine rings is 1. The molecule has 0 bridgehead atoms. The van der Waals surface area contributed by atoms with Crippen molar-refractivity contribution in [1.82, 2.24) is 25.0 Å². The highest BCUT2D eigenvalue weighted by Gasteiger charge is 2.20. The molecule has 2 aromatic rings. The maximum Gasteiger partial charge on any atom is 0.254 e. The molecule has 1 N–H and O–H groups in total. The van der Waals surface area contributed by atoms with Crippen molar-refractivity contribution in [3.05, 3.63) is 23.5 Å². The normalized spacial score (nSPS) is 11.7. The van der Waals surface area contributed by atoms with Crippen LogP contribution < -0.4 is 5.32 Å². The zero-order chi connectivity index (χ0) is 17.1. The molecule has 126 valence electrons. The fraction of sp³-hybridized carbons (Fsp3) is 0.588. The number of hydrogen-bond acceptors (Lipinski definition) is 4. The smallest absolute Gasteiger partial charge is 0.254 e. The number of hydrogen-bond donors (Lipinski definition) is 1. The lowest BCUT2D eigenvalue weighted by Crippen LogP contribution is -2.33. The Morgan fingerprint density at radius 2 is 2.04 bits per heavy atom. The van der Waals surface area contributed by atoms with Gasteiger partial charge in [0.2, 0.25) is 0 Å². The second-order valence-corrected chi connectivity index (χ2v) is 6.50. The summed E-state index contributed by atoms with van der Waals surface area (Å²) in [4.78, 5) is 19.3. The summed E-state index contributed by atoms with van der Waals surface area (Å²) in [5.41, 5.74) is 2.39. The lowest BCUT2D eigenvalue weighted by atomic mass is 10.0. The van der Waals surface area contributed by atoms with Crippen molar-refractivity contribution < 1.29 is 4.79 Å². The SMILES string of the molecule is CNCCN(C)C(=O)c1cc(C(C)C)nc2c1cnn2C(C)C. The number of amides is 1. The molecule has 6 nitrogen and oxygen atoms in total. The van der Waals surface area contributed by atoms with E-state index in [1.54, 1.807) is 11.1 Å². The number of aromatic nitrogens is 3. The number of rotatable bonds is 6. The molecule has 2 rings (SSSR count). The fourth-order valence-electron chi connectivity index (χ4n) is 2.47. The summed E-state index contributed by atoms with van der Waals surface area (Å²) in [5, 5.41) is 8.32. The first-order valence-corrected chi connectivity index (χ1v) is 8.15. The van der Waals surface area contributed by atoms with Gasteiger partial charge in [-0.3, -0.25) is 4.79 Å². The van der Waals surface area contributed by atoms with Gasteiger partial charge in [0.15, 0.2) is 5.65 Å². The Morgan fingerprint density at radius 1 is 1.35 bits per heavy atom. The molecule has 0 unspecified atom stereocenters. The average molecular weight is 317 g/mol. The maximum absolute atomic E-state index is 12.9. The third kappa shape index (κ3) is 3.52. The van der Waals surface area contributed by atoms with Crippen molar-refractivity contribution in [1.29, 1.82) is 0 Å². The summed E-state index contributed by atoms with van der Waals surface area (Å²) in [6.07, 6.45) is 1.76. The monoisotopic (exact) mass is 317 g/mol. The van der Waals surface area contributed by atoms with Crippen LogP contribution in [0.5, 0.6) is 0 Å². The van der Waals surface area contributed by atoms with Crippen LogP contribution in [0.4, 0.5) is 0 Å². The molecule has 0 saturated heterocycles. The van der Waals surface area contributed by atoms with Crippen LogP contribution in [0.25, 0.3) is 11.0 Å². The third-order valence-electron chi connectivity index (χ3n) is 3.94. The van der Waals surface area contributed by atoms with E-state index in [1.165, 1.54) is 0 Å². The zero-order valence-corrected chi connectivity index (χ0v) is 14.9. The van der Waals surface area contributed by atoms with E-state index in [-0.39, 0.29) is 17.9 Å². The molecule has 0 radical (unpaired) electrons. The molecule has 0 saturated carbocycles. The van der Waals surface area contributed by atoms with E-state index in [0.717, 1.165) is 23.3 Å². The largest absolute Gasteiger partial charge is 0.340 e. The molecule has 0 aliphatic rings. The van der Waals surface area contributed by atoms with Gasteiger partial charge in [0.25, 0.3) is 5.91 Å². The third-order valence-corrected chi connectivity index (χ3v) is 3.94. The number of fused-ring (bicyclic) bond motifs is 1. The summed E-state index contributed by atoms with van der Waals surface area (Å²) in [7, 11) is 3.71. The van der Waals surface area contributed by atoms with Gasteiger partial charge in [0.05, 0.1) is 17.1 Å². The highest BCUT2D eigenvalue weighted by molar-refractivity contribution is 6.05. The van der Waals surface area contributed by atoms with Crippen molar-refractivity contribution in [2.45, 2.75) is 39.7 Å². The summed E-state index contributed by atoms with van der Waals surface area (Å²) < 4.78 is 1.88. The quantitative estimate of drug-likeness (QED) is 0.889. The Hall–Kier alpha value is -1.95. The Morgan fingerprint density at radius 3 is 2.61 bits per heavy atom. The summed E-state index contributed by atoms with van der Waals surface area (Å²) in [6.45, 7) is 9.73. The van der Waals surface area contributed by atoms with Crippen LogP contribution in [0, 0.1) is 0 Å². The number of carbonyl (C=O) groups excluding carboxylic acids is 1. The number of nitrogens with one attached hydrogen (secondary N) is 1. The second-order valence-electron chi connectivity index (χ2n) is 6.50. The molecule has 0 spiro atoms. The summed E-state index contributed by atoms with van der Waals surface area (Å²) in [5.74, 6) is 0.266. The van der Waals surface area contributed by atoms with Gasteiger partial charge in [-0.05, 0) is 32.9 Å². The van der Waals surface area contributed by atoms with Gasteiger partial charge in [0, 0.05) is 31.9 Å². The maximum atomic E-state index is 12.9. The minimum atomic E-state index is 0.0119. The Bertz CT molecular complexity index is 690. The van der Waals surface area contributed by atoms with E-state index in [2.05, 4.69) is 38.1 Å². The molecule has 0 aromatic carbocycles. The first kappa shape index (κ1) is 17.4. The molecule has 0 aliphatic heterocycles. The van der Waals surface area contributed by atoms with Gasteiger partial charge in [-0.25, -0.2) is 9.67 Å². The first-order valence-electron chi connectivity index (χ1n) is 8.15. The van der Waals surface area contributed by atoms with Gasteiger partial charge in [-0.15, -0.1) is 0 Å². The van der Waals surface area contributed by atoms with E-state index in [9.17, 15) is 4.79 Å². The van der Waals surface area contributed by atoms with Gasteiger partial charge < -0.3 is 10.2 Å². The van der Waals surface area contributed by atoms with Gasteiger partial charge in [-0.2, -0.15) is 5.10 Å². The van der Waals surface area contributed by atoms with Crippen LogP contribution in [-0.4, -0.2) is 52.8 Å². The molecule has 2 heterocycles. The lowest BCUT2D eigenvalue weighted by molar-refractivity contribution is 0.0798. The fourth-order valence-corrected chi connectivity index (χ4v) is 2.47. The topological polar surface area (TPSA) is 63.1 Å². The van der Waals surface area contributed by atoms with E-state index in [0.29, 0.717) is 12.1 Å². The van der Waals surface area contributed by atoms with Gasteiger partial charge in [-0.1, -0.05) is 13.8 Å². The number of carbonyl (C=O) groups is 1. The predicted octanol–water partition coefficient (Wildman–Crippen LogP) is 2.43. The first-order chi connectivity index (χ1) is 10.9. The molecule has 6 heteroatoms. The van der Waals surface area contributed by atoms with Crippen LogP contribution in [0.3, 0.4) is 0 Å². The van der Waals surface area contributed by atoms with Crippen molar-refractivity contribution in [2.24, 2.45) is 0 Å². The van der Waals surface area contributed by atoms with E-state index in [1.807, 2.05) is 24.8 Å². The van der Waals surface area contributed by atoms with Crippen LogP contribution in [0.1, 0.15) is 55.7 Å². The minimum absolute atomic E-state index is 0.0119. The van der Waals surface area contributed by atoms with E-state index >= 15 is 0 Å². The van der Waals surface area contributed by atoms with Gasteiger partial charge >= 0.3 is 0 Å². The van der Waals surface area contributed by atoms with E-state index in [4.69, 9.17) is 4.98 Å². The molecular weight excluding hydrogens is 290 g/mol. The minimum Gasteiger partial charge on any atom is -0.340 e. The second kappa shape index (κ2) is 7.08. The van der Waals surface area contributed by atoms with Crippen LogP contribution in [0.2, 0.25) is 0 Å². The Kier molecular flexibility index (Phi) is 5.36. The van der Waals surface area contributed by atoms with Crippen molar-refractivity contribution in [2.75, 3.05) is 27.2 Å². The van der Waals surface area contributed by atoms with Gasteiger partial charge in [0.1, 0.15) is 0 Å². The highest BCUT2D eigenvalue weighted by atomic mass is 16.2. The standard InChI is InChI=1S/C17H27N5O/c1-11(2)15-9-13(17(23)21(6)8-7-18-5)14-10-19-22(12(3)4)16(14)20-15/h9-12,18H,7-8H2,1-6H3.